The first-order chi connectivity index (χ1) is 10.8. The molecule has 1 N–H and O–H groups in total. The van der Waals surface area contributed by atoms with Gasteiger partial charge in [0.1, 0.15) is 0 Å². The van der Waals surface area contributed by atoms with Crippen molar-refractivity contribution in [2.24, 2.45) is 0 Å². The van der Waals surface area contributed by atoms with Crippen LogP contribution in [0.5, 0.6) is 0 Å². The van der Waals surface area contributed by atoms with Crippen molar-refractivity contribution in [2.75, 3.05) is 19.6 Å². The van der Waals surface area contributed by atoms with Crippen LogP contribution >= 0.6 is 11.3 Å². The van der Waals surface area contributed by atoms with Crippen LogP contribution in [0, 0.1) is 0 Å². The fourth-order valence-corrected chi connectivity index (χ4v) is 3.60. The van der Waals surface area contributed by atoms with Crippen LogP contribution in [0.3, 0.4) is 0 Å². The second-order valence-corrected chi connectivity index (χ2v) is 6.77. The van der Waals surface area contributed by atoms with Crippen molar-refractivity contribution in [1.82, 2.24) is 10.2 Å². The maximum Gasteiger partial charge on any atom is 0.261 e. The molecule has 1 aromatic heterocycles. The summed E-state index contributed by atoms with van der Waals surface area (Å²) in [4.78, 5) is 15.4. The summed E-state index contributed by atoms with van der Waals surface area (Å²) >= 11 is 1.50. The van der Waals surface area contributed by atoms with Gasteiger partial charge in [0.05, 0.1) is 4.88 Å². The Balaban J connectivity index is 1.48. The molecule has 1 aliphatic heterocycles. The number of amides is 1. The lowest BCUT2D eigenvalue weighted by molar-refractivity contribution is 0.0908. The van der Waals surface area contributed by atoms with Gasteiger partial charge in [-0.05, 0) is 42.8 Å². The van der Waals surface area contributed by atoms with Crippen LogP contribution < -0.4 is 5.32 Å². The minimum Gasteiger partial charge on any atom is -0.347 e. The fraction of sp³-hybridized carbons (Fsp3) is 0.389. The third kappa shape index (κ3) is 4.18. The summed E-state index contributed by atoms with van der Waals surface area (Å²) in [6, 6.07) is 14.7. The number of piperidine rings is 1. The van der Waals surface area contributed by atoms with E-state index in [9.17, 15) is 4.79 Å². The molecule has 1 atom stereocenters. The summed E-state index contributed by atoms with van der Waals surface area (Å²) in [5.74, 6) is 0.0740. The average Bonchev–Trinajstić information content (AvgIpc) is 3.09. The van der Waals surface area contributed by atoms with Gasteiger partial charge in [-0.3, -0.25) is 4.79 Å². The molecule has 116 valence electrons. The van der Waals surface area contributed by atoms with Crippen LogP contribution in [0.1, 0.15) is 28.1 Å². The normalized spacial score (nSPS) is 19.0. The molecule has 1 aromatic carbocycles. The molecule has 0 bridgehead atoms. The number of hydrogen-bond acceptors (Lipinski definition) is 3. The van der Waals surface area contributed by atoms with Gasteiger partial charge in [0.2, 0.25) is 0 Å². The number of benzene rings is 1. The largest absolute Gasteiger partial charge is 0.347 e. The van der Waals surface area contributed by atoms with E-state index < -0.39 is 0 Å². The first kappa shape index (κ1) is 15.3. The molecule has 0 saturated carbocycles. The van der Waals surface area contributed by atoms with Crippen molar-refractivity contribution >= 4 is 17.2 Å². The topological polar surface area (TPSA) is 32.3 Å². The average molecular weight is 314 g/mol. The van der Waals surface area contributed by atoms with Gasteiger partial charge in [-0.1, -0.05) is 36.4 Å². The smallest absolute Gasteiger partial charge is 0.261 e. The lowest BCUT2D eigenvalue weighted by Gasteiger charge is -2.33. The molecule has 1 fully saturated rings. The maximum absolute atomic E-state index is 12.1. The van der Waals surface area contributed by atoms with Crippen molar-refractivity contribution in [1.29, 1.82) is 0 Å². The number of thiophene rings is 1. The Labute approximate surface area is 136 Å². The Hall–Kier alpha value is -1.65. The number of nitrogens with one attached hydrogen (secondary N) is 1. The predicted molar refractivity (Wildman–Crippen MR) is 91.4 cm³/mol. The molecule has 1 aliphatic rings. The number of carbonyl (C=O) groups is 1. The highest BCUT2D eigenvalue weighted by Gasteiger charge is 2.21. The van der Waals surface area contributed by atoms with Crippen molar-refractivity contribution in [3.63, 3.8) is 0 Å². The molecule has 2 heterocycles. The molecule has 0 spiro atoms. The lowest BCUT2D eigenvalue weighted by Crippen LogP contribution is -2.48. The summed E-state index contributed by atoms with van der Waals surface area (Å²) in [7, 11) is 0. The van der Waals surface area contributed by atoms with E-state index in [2.05, 4.69) is 40.5 Å². The predicted octanol–water partition coefficient (Wildman–Crippen LogP) is 3.19. The number of carbonyl (C=O) groups excluding carboxylic acids is 1. The van der Waals surface area contributed by atoms with Gasteiger partial charge >= 0.3 is 0 Å². The first-order valence-corrected chi connectivity index (χ1v) is 8.80. The Bertz CT molecular complexity index is 582. The Morgan fingerprint density at radius 2 is 2.09 bits per heavy atom. The van der Waals surface area contributed by atoms with Crippen LogP contribution in [0.25, 0.3) is 0 Å². The molecule has 22 heavy (non-hydrogen) atoms. The van der Waals surface area contributed by atoms with E-state index in [1.165, 1.54) is 16.9 Å². The zero-order chi connectivity index (χ0) is 15.2. The summed E-state index contributed by atoms with van der Waals surface area (Å²) in [6.45, 7) is 3.16. The molecule has 0 radical (unpaired) electrons. The summed E-state index contributed by atoms with van der Waals surface area (Å²) in [5, 5.41) is 5.13. The van der Waals surface area contributed by atoms with Gasteiger partial charge in [-0.15, -0.1) is 11.3 Å². The summed E-state index contributed by atoms with van der Waals surface area (Å²) in [5.41, 5.74) is 1.38. The standard InChI is InChI=1S/C18H22N2OS/c21-18(17-9-5-13-22-17)19-16-8-4-11-20(14-16)12-10-15-6-2-1-3-7-15/h1-3,5-7,9,13,16H,4,8,10-12,14H2,(H,19,21). The molecular formula is C18H22N2OS. The van der Waals surface area contributed by atoms with Crippen LogP contribution in [0.4, 0.5) is 0 Å². The minimum absolute atomic E-state index is 0.0740. The van der Waals surface area contributed by atoms with Gasteiger partial charge in [0, 0.05) is 19.1 Å². The molecule has 3 rings (SSSR count). The molecular weight excluding hydrogens is 292 g/mol. The van der Waals surface area contributed by atoms with Gasteiger partial charge in [0.15, 0.2) is 0 Å². The third-order valence-corrected chi connectivity index (χ3v) is 5.01. The van der Waals surface area contributed by atoms with Gasteiger partial charge in [-0.2, -0.15) is 0 Å². The van der Waals surface area contributed by atoms with Gasteiger partial charge in [0.25, 0.3) is 5.91 Å². The zero-order valence-electron chi connectivity index (χ0n) is 12.7. The van der Waals surface area contributed by atoms with Crippen molar-refractivity contribution in [2.45, 2.75) is 25.3 Å². The van der Waals surface area contributed by atoms with E-state index in [1.807, 2.05) is 17.5 Å². The Morgan fingerprint density at radius 1 is 1.23 bits per heavy atom. The van der Waals surface area contributed by atoms with E-state index >= 15 is 0 Å². The van der Waals surface area contributed by atoms with E-state index in [0.29, 0.717) is 0 Å². The summed E-state index contributed by atoms with van der Waals surface area (Å²) in [6.07, 6.45) is 3.32. The molecule has 1 saturated heterocycles. The number of likely N-dealkylation sites (tertiary alicyclic amines) is 1. The van der Waals surface area contributed by atoms with Crippen molar-refractivity contribution < 1.29 is 4.79 Å². The monoisotopic (exact) mass is 314 g/mol. The van der Waals surface area contributed by atoms with Crippen LogP contribution in [0.15, 0.2) is 47.8 Å². The molecule has 2 aromatic rings. The van der Waals surface area contributed by atoms with Crippen molar-refractivity contribution in [3.05, 3.63) is 58.3 Å². The maximum atomic E-state index is 12.1. The molecule has 4 heteroatoms. The fourth-order valence-electron chi connectivity index (χ4n) is 2.97. The van der Waals surface area contributed by atoms with E-state index in [-0.39, 0.29) is 11.9 Å². The highest BCUT2D eigenvalue weighted by atomic mass is 32.1. The Kier molecular flexibility index (Phi) is 5.24. The first-order valence-electron chi connectivity index (χ1n) is 7.92. The highest BCUT2D eigenvalue weighted by Crippen LogP contribution is 2.14. The molecule has 1 unspecified atom stereocenters. The number of nitrogens with zero attached hydrogens (tertiary/aromatic N) is 1. The van der Waals surface area contributed by atoms with Crippen molar-refractivity contribution in [3.8, 4) is 0 Å². The van der Waals surface area contributed by atoms with E-state index in [0.717, 1.165) is 43.8 Å². The molecule has 1 amide bonds. The second kappa shape index (κ2) is 7.56. The molecule has 3 nitrogen and oxygen atoms in total. The number of rotatable bonds is 5. The zero-order valence-corrected chi connectivity index (χ0v) is 13.5. The van der Waals surface area contributed by atoms with Crippen LogP contribution in [-0.2, 0) is 6.42 Å². The van der Waals surface area contributed by atoms with Gasteiger partial charge < -0.3 is 10.2 Å². The quantitative estimate of drug-likeness (QED) is 0.919. The van der Waals surface area contributed by atoms with Gasteiger partial charge in [-0.25, -0.2) is 0 Å². The minimum atomic E-state index is 0.0740. The molecule has 0 aliphatic carbocycles. The van der Waals surface area contributed by atoms with Crippen LogP contribution in [-0.4, -0.2) is 36.5 Å². The lowest BCUT2D eigenvalue weighted by atomic mass is 10.0. The highest BCUT2D eigenvalue weighted by molar-refractivity contribution is 7.12. The third-order valence-electron chi connectivity index (χ3n) is 4.15. The number of hydrogen-bond donors (Lipinski definition) is 1. The summed E-state index contributed by atoms with van der Waals surface area (Å²) < 4.78 is 0. The Morgan fingerprint density at radius 3 is 2.86 bits per heavy atom. The van der Waals surface area contributed by atoms with E-state index in [1.54, 1.807) is 0 Å². The second-order valence-electron chi connectivity index (χ2n) is 5.83. The van der Waals surface area contributed by atoms with Crippen LogP contribution in [0.2, 0.25) is 0 Å². The van der Waals surface area contributed by atoms with E-state index in [4.69, 9.17) is 0 Å². The SMILES string of the molecule is O=C(NC1CCCN(CCc2ccccc2)C1)c1cccs1.